The summed E-state index contributed by atoms with van der Waals surface area (Å²) in [7, 11) is -3.18. The van der Waals surface area contributed by atoms with E-state index in [1.165, 1.54) is 0 Å². The van der Waals surface area contributed by atoms with Crippen molar-refractivity contribution in [2.24, 2.45) is 5.92 Å². The van der Waals surface area contributed by atoms with E-state index in [4.69, 9.17) is 0 Å². The first kappa shape index (κ1) is 13.2. The molecule has 5 heteroatoms. The summed E-state index contributed by atoms with van der Waals surface area (Å²) in [6.07, 6.45) is 0. The molecule has 0 heterocycles. The molecular formula is C10H12Br2O2S. The predicted molar refractivity (Wildman–Crippen MR) is 69.2 cm³/mol. The van der Waals surface area contributed by atoms with Crippen LogP contribution in [0.15, 0.2) is 33.6 Å². The first-order valence-electron chi connectivity index (χ1n) is 4.50. The van der Waals surface area contributed by atoms with Crippen molar-refractivity contribution >= 4 is 41.7 Å². The second-order valence-corrected chi connectivity index (χ2v) is 6.98. The average molecular weight is 356 g/mol. The Morgan fingerprint density at radius 3 is 2.47 bits per heavy atom. The molecule has 0 saturated heterocycles. The Bertz CT molecular complexity index is 429. The monoisotopic (exact) mass is 354 g/mol. The van der Waals surface area contributed by atoms with Gasteiger partial charge in [-0.3, -0.25) is 0 Å². The molecule has 0 aliphatic carbocycles. The van der Waals surface area contributed by atoms with Crippen LogP contribution in [0.5, 0.6) is 0 Å². The van der Waals surface area contributed by atoms with Gasteiger partial charge in [0.25, 0.3) is 0 Å². The SMILES string of the molecule is CC(CBr)CS(=O)(=O)c1ccccc1Br. The number of alkyl halides is 1. The molecule has 2 nitrogen and oxygen atoms in total. The molecular weight excluding hydrogens is 344 g/mol. The van der Waals surface area contributed by atoms with Crippen molar-refractivity contribution in [1.29, 1.82) is 0 Å². The molecule has 0 aromatic heterocycles. The van der Waals surface area contributed by atoms with Gasteiger partial charge >= 0.3 is 0 Å². The van der Waals surface area contributed by atoms with Crippen LogP contribution in [0, 0.1) is 5.92 Å². The van der Waals surface area contributed by atoms with Crippen molar-refractivity contribution in [3.05, 3.63) is 28.7 Å². The normalized spacial score (nSPS) is 13.8. The number of benzene rings is 1. The fourth-order valence-corrected chi connectivity index (χ4v) is 4.46. The summed E-state index contributed by atoms with van der Waals surface area (Å²) in [5.74, 6) is 0.281. The van der Waals surface area contributed by atoms with Gasteiger partial charge in [0, 0.05) is 9.80 Å². The maximum absolute atomic E-state index is 12.0. The Balaban J connectivity index is 3.02. The van der Waals surface area contributed by atoms with Crippen molar-refractivity contribution in [2.45, 2.75) is 11.8 Å². The highest BCUT2D eigenvalue weighted by Crippen LogP contribution is 2.23. The Morgan fingerprint density at radius 1 is 1.33 bits per heavy atom. The maximum Gasteiger partial charge on any atom is 0.179 e. The van der Waals surface area contributed by atoms with Crippen LogP contribution in [0.2, 0.25) is 0 Å². The van der Waals surface area contributed by atoms with Crippen molar-refractivity contribution in [2.75, 3.05) is 11.1 Å². The van der Waals surface area contributed by atoms with Crippen LogP contribution in [-0.4, -0.2) is 19.5 Å². The lowest BCUT2D eigenvalue weighted by molar-refractivity contribution is 0.583. The zero-order valence-corrected chi connectivity index (χ0v) is 12.3. The lowest BCUT2D eigenvalue weighted by Crippen LogP contribution is -2.15. The van der Waals surface area contributed by atoms with E-state index < -0.39 is 9.84 Å². The average Bonchev–Trinajstić information content (AvgIpc) is 2.17. The molecule has 0 N–H and O–H groups in total. The summed E-state index contributed by atoms with van der Waals surface area (Å²) in [6.45, 7) is 1.91. The van der Waals surface area contributed by atoms with Crippen LogP contribution >= 0.6 is 31.9 Å². The molecule has 1 rings (SSSR count). The van der Waals surface area contributed by atoms with Gasteiger partial charge in [-0.1, -0.05) is 35.0 Å². The zero-order valence-electron chi connectivity index (χ0n) is 8.28. The Kier molecular flexibility index (Phi) is 4.80. The van der Waals surface area contributed by atoms with Crippen LogP contribution < -0.4 is 0 Å². The lowest BCUT2D eigenvalue weighted by atomic mass is 10.3. The summed E-state index contributed by atoms with van der Waals surface area (Å²) in [4.78, 5) is 0.373. The second kappa shape index (κ2) is 5.46. The zero-order chi connectivity index (χ0) is 11.5. The molecule has 0 spiro atoms. The molecule has 1 atom stereocenters. The molecule has 1 aromatic carbocycles. The molecule has 0 amide bonds. The molecule has 0 fully saturated rings. The van der Waals surface area contributed by atoms with Gasteiger partial charge in [-0.2, -0.15) is 0 Å². The molecule has 1 unspecified atom stereocenters. The minimum atomic E-state index is -3.18. The molecule has 0 radical (unpaired) electrons. The van der Waals surface area contributed by atoms with Crippen LogP contribution in [0.4, 0.5) is 0 Å². The van der Waals surface area contributed by atoms with Crippen molar-refractivity contribution in [3.63, 3.8) is 0 Å². The molecule has 15 heavy (non-hydrogen) atoms. The highest BCUT2D eigenvalue weighted by atomic mass is 79.9. The van der Waals surface area contributed by atoms with Gasteiger partial charge in [0.05, 0.1) is 10.6 Å². The summed E-state index contributed by atoms with van der Waals surface area (Å²) in [6, 6.07) is 6.90. The van der Waals surface area contributed by atoms with E-state index in [9.17, 15) is 8.42 Å². The first-order chi connectivity index (χ1) is 6.97. The summed E-state index contributed by atoms with van der Waals surface area (Å²) in [5, 5.41) is 0.691. The van der Waals surface area contributed by atoms with Crippen molar-refractivity contribution in [3.8, 4) is 0 Å². The van der Waals surface area contributed by atoms with Crippen LogP contribution in [0.1, 0.15) is 6.92 Å². The van der Waals surface area contributed by atoms with Crippen LogP contribution in [0.3, 0.4) is 0 Å². The van der Waals surface area contributed by atoms with E-state index in [1.54, 1.807) is 24.3 Å². The topological polar surface area (TPSA) is 34.1 Å². The Morgan fingerprint density at radius 2 is 1.93 bits per heavy atom. The first-order valence-corrected chi connectivity index (χ1v) is 8.07. The third kappa shape index (κ3) is 3.57. The van der Waals surface area contributed by atoms with Crippen molar-refractivity contribution in [1.82, 2.24) is 0 Å². The van der Waals surface area contributed by atoms with Crippen molar-refractivity contribution < 1.29 is 8.42 Å². The minimum Gasteiger partial charge on any atom is -0.224 e. The predicted octanol–water partition coefficient (Wildman–Crippen LogP) is 3.25. The van der Waals surface area contributed by atoms with Crippen LogP contribution in [0.25, 0.3) is 0 Å². The standard InChI is InChI=1S/C10H12Br2O2S/c1-8(6-11)7-15(13,14)10-5-3-2-4-9(10)12/h2-5,8H,6-7H2,1H3. The summed E-state index contributed by atoms with van der Waals surface area (Å²) in [5.41, 5.74) is 0. The van der Waals surface area contributed by atoms with Gasteiger partial charge in [-0.15, -0.1) is 0 Å². The van der Waals surface area contributed by atoms with Crippen LogP contribution in [-0.2, 0) is 9.84 Å². The molecule has 0 bridgehead atoms. The van der Waals surface area contributed by atoms with Gasteiger partial charge in [-0.25, -0.2) is 8.42 Å². The largest absolute Gasteiger partial charge is 0.224 e. The van der Waals surface area contributed by atoms with Gasteiger partial charge in [0.2, 0.25) is 0 Å². The highest BCUT2D eigenvalue weighted by Gasteiger charge is 2.19. The van der Waals surface area contributed by atoms with E-state index in [2.05, 4.69) is 31.9 Å². The number of hydrogen-bond donors (Lipinski definition) is 0. The quantitative estimate of drug-likeness (QED) is 0.777. The number of hydrogen-bond acceptors (Lipinski definition) is 2. The molecule has 1 aromatic rings. The smallest absolute Gasteiger partial charge is 0.179 e. The van der Waals surface area contributed by atoms with E-state index in [1.807, 2.05) is 6.92 Å². The fourth-order valence-electron chi connectivity index (χ4n) is 1.21. The Labute approximate surface area is 107 Å². The van der Waals surface area contributed by atoms with Gasteiger partial charge in [-0.05, 0) is 34.0 Å². The molecule has 84 valence electrons. The highest BCUT2D eigenvalue weighted by molar-refractivity contribution is 9.10. The number of halogens is 2. The Hall–Kier alpha value is 0.130. The lowest BCUT2D eigenvalue weighted by Gasteiger charge is -2.10. The van der Waals surface area contributed by atoms with E-state index in [0.717, 1.165) is 0 Å². The molecule has 0 aliphatic rings. The fraction of sp³-hybridized carbons (Fsp3) is 0.400. The summed E-state index contributed by atoms with van der Waals surface area (Å²) >= 11 is 6.54. The third-order valence-electron chi connectivity index (χ3n) is 1.94. The third-order valence-corrected chi connectivity index (χ3v) is 6.03. The van der Waals surface area contributed by atoms with E-state index >= 15 is 0 Å². The summed E-state index contributed by atoms with van der Waals surface area (Å²) < 4.78 is 24.6. The van der Waals surface area contributed by atoms with Gasteiger partial charge in [0.15, 0.2) is 9.84 Å². The minimum absolute atomic E-state index is 0.113. The molecule has 0 saturated carbocycles. The van der Waals surface area contributed by atoms with E-state index in [0.29, 0.717) is 14.7 Å². The second-order valence-electron chi connectivity index (χ2n) is 3.47. The maximum atomic E-state index is 12.0. The van der Waals surface area contributed by atoms with E-state index in [-0.39, 0.29) is 11.7 Å². The van der Waals surface area contributed by atoms with Gasteiger partial charge in [0.1, 0.15) is 0 Å². The number of rotatable bonds is 4. The number of sulfone groups is 1. The van der Waals surface area contributed by atoms with Gasteiger partial charge < -0.3 is 0 Å². The molecule has 0 aliphatic heterocycles.